The number of carbonyl (C=O) groups excluding carboxylic acids is 2. The average molecular weight is 555 g/mol. The van der Waals surface area contributed by atoms with Crippen LogP contribution in [-0.4, -0.2) is 67.7 Å². The largest absolute Gasteiger partial charge is 0.497 e. The van der Waals surface area contributed by atoms with Crippen molar-refractivity contribution in [1.82, 2.24) is 9.80 Å². The summed E-state index contributed by atoms with van der Waals surface area (Å²) in [6.45, 7) is 1.86. The highest BCUT2D eigenvalue weighted by Crippen LogP contribution is 2.34. The highest BCUT2D eigenvalue weighted by atomic mass is 35.5. The third-order valence-electron chi connectivity index (χ3n) is 7.00. The molecule has 2 amide bonds. The molecule has 0 spiro atoms. The molecule has 1 fully saturated rings. The van der Waals surface area contributed by atoms with E-state index in [-0.39, 0.29) is 30.5 Å². The number of thiophene rings is 1. The molecule has 1 saturated heterocycles. The molecule has 0 unspecified atom stereocenters. The summed E-state index contributed by atoms with van der Waals surface area (Å²) in [5.74, 6) is 1.04. The van der Waals surface area contributed by atoms with Crippen LogP contribution in [0.5, 0.6) is 11.5 Å². The van der Waals surface area contributed by atoms with E-state index in [0.29, 0.717) is 48.4 Å². The van der Waals surface area contributed by atoms with E-state index in [4.69, 9.17) is 25.8 Å². The normalized spacial score (nSPS) is 18.6. The second-order valence-electron chi connectivity index (χ2n) is 9.47. The van der Waals surface area contributed by atoms with Gasteiger partial charge in [0.1, 0.15) is 24.7 Å². The lowest BCUT2D eigenvalue weighted by atomic mass is 10.00. The highest BCUT2D eigenvalue weighted by molar-refractivity contribution is 7.10. The van der Waals surface area contributed by atoms with E-state index in [1.54, 1.807) is 47.6 Å². The molecule has 200 valence electrons. The summed E-state index contributed by atoms with van der Waals surface area (Å²) in [6.07, 6.45) is 2.52. The minimum absolute atomic E-state index is 0.0413. The van der Waals surface area contributed by atoms with Crippen LogP contribution >= 0.6 is 22.9 Å². The zero-order valence-electron chi connectivity index (χ0n) is 21.3. The van der Waals surface area contributed by atoms with Crippen molar-refractivity contribution >= 4 is 34.8 Å². The number of fused-ring (bicyclic) bond motifs is 1. The van der Waals surface area contributed by atoms with E-state index < -0.39 is 0 Å². The Balaban J connectivity index is 1.35. The Hall–Kier alpha value is -3.07. The fraction of sp³-hybridized carbons (Fsp3) is 0.379. The molecule has 2 aliphatic heterocycles. The maximum Gasteiger partial charge on any atom is 0.254 e. The molecular weight excluding hydrogens is 524 g/mol. The van der Waals surface area contributed by atoms with Crippen LogP contribution in [0.2, 0.25) is 5.02 Å². The van der Waals surface area contributed by atoms with Crippen LogP contribution in [0.3, 0.4) is 0 Å². The molecule has 2 aromatic carbocycles. The van der Waals surface area contributed by atoms with Crippen LogP contribution < -0.4 is 9.47 Å². The van der Waals surface area contributed by atoms with Crippen LogP contribution in [0.15, 0.2) is 60.0 Å². The first-order valence-corrected chi connectivity index (χ1v) is 14.1. The fourth-order valence-corrected chi connectivity index (χ4v) is 6.17. The van der Waals surface area contributed by atoms with E-state index >= 15 is 0 Å². The smallest absolute Gasteiger partial charge is 0.254 e. The number of hydrogen-bond donors (Lipinski definition) is 0. The number of halogens is 1. The van der Waals surface area contributed by atoms with Gasteiger partial charge in [-0.3, -0.25) is 9.59 Å². The molecule has 0 saturated carbocycles. The number of nitrogens with zero attached hydrogens (tertiary/aromatic N) is 2. The summed E-state index contributed by atoms with van der Waals surface area (Å²) in [7, 11) is 1.62. The Bertz CT molecular complexity index is 1280. The van der Waals surface area contributed by atoms with Crippen molar-refractivity contribution in [3.63, 3.8) is 0 Å². The number of benzene rings is 2. The number of carbonyl (C=O) groups is 2. The van der Waals surface area contributed by atoms with Crippen LogP contribution in [-0.2, 0) is 16.0 Å². The maximum atomic E-state index is 13.8. The monoisotopic (exact) mass is 554 g/mol. The number of ether oxygens (including phenoxy) is 3. The minimum atomic E-state index is -0.255. The Morgan fingerprint density at radius 1 is 1.16 bits per heavy atom. The standard InChI is InChI=1S/C29H31ClN2O5S/c1-35-22-7-3-8-23(16-22)37-19-26-25-11-14-38-27(25)10-12-32(26)28(33)18-31(17-24-9-4-13-36-24)29(34)20-5-2-6-21(30)15-20/h2-3,5-8,11,14-16,24,26H,4,9-10,12-13,17-19H2,1H3/t24-,26-/m1/s1. The van der Waals surface area contributed by atoms with Gasteiger partial charge in [-0.25, -0.2) is 0 Å². The van der Waals surface area contributed by atoms with Gasteiger partial charge in [-0.15, -0.1) is 11.3 Å². The van der Waals surface area contributed by atoms with Crippen molar-refractivity contribution in [1.29, 1.82) is 0 Å². The lowest BCUT2D eigenvalue weighted by molar-refractivity contribution is -0.135. The van der Waals surface area contributed by atoms with Gasteiger partial charge in [-0.05, 0) is 66.6 Å². The maximum absolute atomic E-state index is 13.8. The lowest BCUT2D eigenvalue weighted by Gasteiger charge is -2.37. The molecule has 3 heterocycles. The first-order chi connectivity index (χ1) is 18.5. The number of methoxy groups -OCH3 is 1. The Morgan fingerprint density at radius 3 is 2.79 bits per heavy atom. The summed E-state index contributed by atoms with van der Waals surface area (Å²) in [6, 6.07) is 16.1. The Labute approximate surface area is 231 Å². The topological polar surface area (TPSA) is 68.3 Å². The molecule has 3 aromatic rings. The molecule has 38 heavy (non-hydrogen) atoms. The molecule has 9 heteroatoms. The molecule has 1 aromatic heterocycles. The van der Waals surface area contributed by atoms with Gasteiger partial charge in [0.2, 0.25) is 5.91 Å². The second kappa shape index (κ2) is 12.2. The van der Waals surface area contributed by atoms with Gasteiger partial charge in [0.15, 0.2) is 0 Å². The van der Waals surface area contributed by atoms with Crippen molar-refractivity contribution in [2.75, 3.05) is 40.0 Å². The molecule has 0 N–H and O–H groups in total. The van der Waals surface area contributed by atoms with Crippen molar-refractivity contribution in [3.05, 3.63) is 81.0 Å². The van der Waals surface area contributed by atoms with Gasteiger partial charge >= 0.3 is 0 Å². The molecule has 2 atom stereocenters. The van der Waals surface area contributed by atoms with Gasteiger partial charge in [-0.1, -0.05) is 23.7 Å². The van der Waals surface area contributed by atoms with E-state index in [1.807, 2.05) is 29.2 Å². The predicted octanol–water partition coefficient (Wildman–Crippen LogP) is 5.24. The summed E-state index contributed by atoms with van der Waals surface area (Å²) >= 11 is 7.86. The van der Waals surface area contributed by atoms with Crippen LogP contribution in [0.1, 0.15) is 39.7 Å². The quantitative estimate of drug-likeness (QED) is 0.362. The number of hydrogen-bond acceptors (Lipinski definition) is 6. The van der Waals surface area contributed by atoms with Gasteiger partial charge in [0.25, 0.3) is 5.91 Å². The van der Waals surface area contributed by atoms with E-state index in [9.17, 15) is 9.59 Å². The second-order valence-corrected chi connectivity index (χ2v) is 10.9. The molecule has 2 aliphatic rings. The zero-order chi connectivity index (χ0) is 26.5. The van der Waals surface area contributed by atoms with Crippen molar-refractivity contribution in [2.24, 2.45) is 0 Å². The summed E-state index contributed by atoms with van der Waals surface area (Å²) in [5.41, 5.74) is 1.56. The predicted molar refractivity (Wildman–Crippen MR) is 147 cm³/mol. The molecule has 0 bridgehead atoms. The number of rotatable bonds is 9. The van der Waals surface area contributed by atoms with E-state index in [0.717, 1.165) is 24.8 Å². The van der Waals surface area contributed by atoms with Gasteiger partial charge in [-0.2, -0.15) is 0 Å². The SMILES string of the molecule is COc1cccc(OC[C@@H]2c3ccsc3CCN2C(=O)CN(C[C@H]2CCCO2)C(=O)c2cccc(Cl)c2)c1. The van der Waals surface area contributed by atoms with Crippen molar-refractivity contribution in [2.45, 2.75) is 31.4 Å². The highest BCUT2D eigenvalue weighted by Gasteiger charge is 2.34. The first kappa shape index (κ1) is 26.5. The lowest BCUT2D eigenvalue weighted by Crippen LogP contribution is -2.49. The first-order valence-electron chi connectivity index (χ1n) is 12.8. The molecule has 5 rings (SSSR count). The van der Waals surface area contributed by atoms with Gasteiger partial charge < -0.3 is 24.0 Å². The summed E-state index contributed by atoms with van der Waals surface area (Å²) in [4.78, 5) is 32.1. The third kappa shape index (κ3) is 6.14. The van der Waals surface area contributed by atoms with Crippen LogP contribution in [0, 0.1) is 0 Å². The molecular formula is C29H31ClN2O5S. The van der Waals surface area contributed by atoms with Crippen LogP contribution in [0.4, 0.5) is 0 Å². The van der Waals surface area contributed by atoms with Crippen molar-refractivity contribution in [3.8, 4) is 11.5 Å². The molecule has 0 radical (unpaired) electrons. The van der Waals surface area contributed by atoms with Gasteiger partial charge in [0.05, 0.1) is 19.3 Å². The average Bonchev–Trinajstić information content (AvgIpc) is 3.63. The zero-order valence-corrected chi connectivity index (χ0v) is 22.9. The third-order valence-corrected chi connectivity index (χ3v) is 8.23. The minimum Gasteiger partial charge on any atom is -0.497 e. The van der Waals surface area contributed by atoms with E-state index in [2.05, 4.69) is 11.4 Å². The Morgan fingerprint density at radius 2 is 2.00 bits per heavy atom. The summed E-state index contributed by atoms with van der Waals surface area (Å²) < 4.78 is 17.3. The molecule has 0 aliphatic carbocycles. The van der Waals surface area contributed by atoms with E-state index in [1.165, 1.54) is 4.88 Å². The number of amides is 2. The van der Waals surface area contributed by atoms with Gasteiger partial charge in [0, 0.05) is 41.2 Å². The van der Waals surface area contributed by atoms with Crippen LogP contribution in [0.25, 0.3) is 0 Å². The fourth-order valence-electron chi connectivity index (χ4n) is 5.05. The Kier molecular flexibility index (Phi) is 8.51. The molecule has 7 nitrogen and oxygen atoms in total. The van der Waals surface area contributed by atoms with Crippen molar-refractivity contribution < 1.29 is 23.8 Å². The summed E-state index contributed by atoms with van der Waals surface area (Å²) in [5, 5.41) is 2.54.